The average Bonchev–Trinajstić information content (AvgIpc) is 2.85. The lowest BCUT2D eigenvalue weighted by Gasteiger charge is -2.02. The van der Waals surface area contributed by atoms with Crippen LogP contribution < -0.4 is 11.3 Å². The van der Waals surface area contributed by atoms with Gasteiger partial charge in [0.1, 0.15) is 0 Å². The zero-order valence-corrected chi connectivity index (χ0v) is 7.28. The maximum atomic E-state index is 11.4. The number of carbonyl (C=O) groups is 1. The van der Waals surface area contributed by atoms with Crippen LogP contribution in [-0.4, -0.2) is 21.0 Å². The van der Waals surface area contributed by atoms with Gasteiger partial charge in [0.05, 0.1) is 5.56 Å². The number of aromatic amines is 1. The zero-order chi connectivity index (χ0) is 10.3. The number of aromatic carboxylic acids is 1. The van der Waals surface area contributed by atoms with Gasteiger partial charge in [0.15, 0.2) is 5.69 Å². The molecule has 1 aliphatic carbocycles. The predicted molar refractivity (Wildman–Crippen MR) is 48.2 cm³/mol. The van der Waals surface area contributed by atoms with E-state index in [1.54, 1.807) is 0 Å². The molecule has 0 amide bonds. The van der Waals surface area contributed by atoms with E-state index < -0.39 is 11.5 Å². The van der Waals surface area contributed by atoms with Crippen LogP contribution in [0.1, 0.15) is 34.8 Å². The minimum Gasteiger partial charge on any atom is -0.476 e. The number of aromatic nitrogens is 2. The van der Waals surface area contributed by atoms with E-state index in [0.717, 1.165) is 12.8 Å². The summed E-state index contributed by atoms with van der Waals surface area (Å²) in [5, 5.41) is 8.82. The molecule has 0 aliphatic heterocycles. The summed E-state index contributed by atoms with van der Waals surface area (Å²) in [4.78, 5) is 28.1. The molecule has 74 valence electrons. The minimum atomic E-state index is -1.20. The number of carboxylic acid groups (broad SMARTS) is 1. The van der Waals surface area contributed by atoms with Gasteiger partial charge in [0, 0.05) is 0 Å². The molecule has 6 nitrogen and oxygen atoms in total. The summed E-state index contributed by atoms with van der Waals surface area (Å²) in [6, 6.07) is 0. The van der Waals surface area contributed by atoms with Crippen molar-refractivity contribution in [3.8, 4) is 0 Å². The van der Waals surface area contributed by atoms with Crippen LogP contribution in [0.2, 0.25) is 0 Å². The molecule has 0 aromatic carbocycles. The highest BCUT2D eigenvalue weighted by atomic mass is 16.4. The number of hydrogen-bond donors (Lipinski definition) is 3. The van der Waals surface area contributed by atoms with Crippen LogP contribution in [0.15, 0.2) is 4.79 Å². The van der Waals surface area contributed by atoms with E-state index in [4.69, 9.17) is 10.8 Å². The molecule has 0 bridgehead atoms. The molecule has 1 aromatic rings. The van der Waals surface area contributed by atoms with Crippen LogP contribution in [0.3, 0.4) is 0 Å². The number of nitrogens with one attached hydrogen (secondary N) is 1. The van der Waals surface area contributed by atoms with Crippen molar-refractivity contribution < 1.29 is 9.90 Å². The Balaban J connectivity index is 2.65. The second-order valence-electron chi connectivity index (χ2n) is 3.29. The summed E-state index contributed by atoms with van der Waals surface area (Å²) in [6.07, 6.45) is 1.68. The third kappa shape index (κ3) is 1.34. The maximum Gasteiger partial charge on any atom is 0.355 e. The van der Waals surface area contributed by atoms with Crippen LogP contribution in [0.25, 0.3) is 0 Å². The van der Waals surface area contributed by atoms with Crippen molar-refractivity contribution >= 4 is 11.9 Å². The molecule has 0 atom stereocenters. The summed E-state index contributed by atoms with van der Waals surface area (Å²) < 4.78 is 0. The van der Waals surface area contributed by atoms with Crippen molar-refractivity contribution in [1.82, 2.24) is 9.97 Å². The lowest BCUT2D eigenvalue weighted by atomic mass is 10.1. The molecule has 1 aromatic heterocycles. The van der Waals surface area contributed by atoms with E-state index in [1.807, 2.05) is 0 Å². The molecule has 2 rings (SSSR count). The monoisotopic (exact) mass is 195 g/mol. The first-order chi connectivity index (χ1) is 6.59. The largest absolute Gasteiger partial charge is 0.476 e. The van der Waals surface area contributed by atoms with Crippen LogP contribution in [-0.2, 0) is 0 Å². The number of nitrogen functional groups attached to an aromatic ring is 1. The molecule has 1 saturated carbocycles. The van der Waals surface area contributed by atoms with Crippen LogP contribution in [0.5, 0.6) is 0 Å². The first-order valence-electron chi connectivity index (χ1n) is 4.22. The highest BCUT2D eigenvalue weighted by Gasteiger charge is 2.32. The fourth-order valence-corrected chi connectivity index (χ4v) is 1.41. The van der Waals surface area contributed by atoms with Crippen molar-refractivity contribution in [1.29, 1.82) is 0 Å². The van der Waals surface area contributed by atoms with Gasteiger partial charge < -0.3 is 10.8 Å². The Hall–Kier alpha value is -1.85. The molecule has 1 fully saturated rings. The van der Waals surface area contributed by atoms with Crippen LogP contribution >= 0.6 is 0 Å². The standard InChI is InChI=1S/C8H9N3O3/c9-8-10-5(7(13)14)4(3-1-2-3)6(12)11-8/h3H,1-2H2,(H,13,14)(H3,9,10,11,12). The SMILES string of the molecule is Nc1nc(C(=O)O)c(C2CC2)c(=O)[nH]1. The van der Waals surface area contributed by atoms with Gasteiger partial charge in [-0.3, -0.25) is 9.78 Å². The van der Waals surface area contributed by atoms with Crippen LogP contribution in [0.4, 0.5) is 5.95 Å². The van der Waals surface area contributed by atoms with Crippen molar-refractivity contribution in [2.24, 2.45) is 0 Å². The average molecular weight is 195 g/mol. The van der Waals surface area contributed by atoms with Gasteiger partial charge in [-0.15, -0.1) is 0 Å². The second kappa shape index (κ2) is 2.83. The molecule has 0 spiro atoms. The van der Waals surface area contributed by atoms with Crippen molar-refractivity contribution in [2.75, 3.05) is 5.73 Å². The summed E-state index contributed by atoms with van der Waals surface area (Å²) in [5.74, 6) is -1.32. The number of rotatable bonds is 2. The third-order valence-corrected chi connectivity index (χ3v) is 2.16. The quantitative estimate of drug-likeness (QED) is 0.611. The highest BCUT2D eigenvalue weighted by molar-refractivity contribution is 5.87. The number of nitrogens with two attached hydrogens (primary N) is 1. The van der Waals surface area contributed by atoms with E-state index in [1.165, 1.54) is 0 Å². The maximum absolute atomic E-state index is 11.4. The molecule has 0 saturated heterocycles. The van der Waals surface area contributed by atoms with Gasteiger partial charge in [-0.25, -0.2) is 9.78 Å². The number of H-pyrrole nitrogens is 1. The van der Waals surface area contributed by atoms with E-state index >= 15 is 0 Å². The van der Waals surface area contributed by atoms with Crippen molar-refractivity contribution in [3.63, 3.8) is 0 Å². The van der Waals surface area contributed by atoms with Gasteiger partial charge in [0.25, 0.3) is 5.56 Å². The molecule has 1 aliphatic rings. The summed E-state index contributed by atoms with van der Waals surface area (Å²) in [5.41, 5.74) is 4.87. The summed E-state index contributed by atoms with van der Waals surface area (Å²) >= 11 is 0. The lowest BCUT2D eigenvalue weighted by molar-refractivity contribution is 0.0689. The number of hydrogen-bond acceptors (Lipinski definition) is 4. The van der Waals surface area contributed by atoms with Gasteiger partial charge in [-0.1, -0.05) is 0 Å². The Morgan fingerprint density at radius 1 is 1.57 bits per heavy atom. The third-order valence-electron chi connectivity index (χ3n) is 2.16. The lowest BCUT2D eigenvalue weighted by Crippen LogP contribution is -2.21. The van der Waals surface area contributed by atoms with Crippen LogP contribution in [0, 0.1) is 0 Å². The fraction of sp³-hybridized carbons (Fsp3) is 0.375. The molecule has 1 heterocycles. The van der Waals surface area contributed by atoms with Gasteiger partial charge in [0.2, 0.25) is 5.95 Å². The van der Waals surface area contributed by atoms with E-state index in [-0.39, 0.29) is 23.1 Å². The fourth-order valence-electron chi connectivity index (χ4n) is 1.41. The van der Waals surface area contributed by atoms with Crippen molar-refractivity contribution in [2.45, 2.75) is 18.8 Å². The Bertz CT molecular complexity index is 448. The zero-order valence-electron chi connectivity index (χ0n) is 7.28. The Morgan fingerprint density at radius 2 is 2.21 bits per heavy atom. The molecule has 0 unspecified atom stereocenters. The molecular weight excluding hydrogens is 186 g/mol. The first kappa shape index (κ1) is 8.74. The molecule has 0 radical (unpaired) electrons. The number of carboxylic acids is 1. The smallest absolute Gasteiger partial charge is 0.355 e. The highest BCUT2D eigenvalue weighted by Crippen LogP contribution is 2.39. The van der Waals surface area contributed by atoms with Crippen molar-refractivity contribution in [3.05, 3.63) is 21.6 Å². The van der Waals surface area contributed by atoms with E-state index in [2.05, 4.69) is 9.97 Å². The van der Waals surface area contributed by atoms with Gasteiger partial charge >= 0.3 is 5.97 Å². The topological polar surface area (TPSA) is 109 Å². The number of nitrogens with zero attached hydrogens (tertiary/aromatic N) is 1. The Labute approximate surface area is 78.8 Å². The Morgan fingerprint density at radius 3 is 2.71 bits per heavy atom. The molecular formula is C8H9N3O3. The van der Waals surface area contributed by atoms with Gasteiger partial charge in [-0.2, -0.15) is 0 Å². The molecule has 14 heavy (non-hydrogen) atoms. The predicted octanol–water partition coefficient (Wildman–Crippen LogP) is -0.0723. The summed E-state index contributed by atoms with van der Waals surface area (Å²) in [6.45, 7) is 0. The number of anilines is 1. The molecule has 4 N–H and O–H groups in total. The second-order valence-corrected chi connectivity index (χ2v) is 3.29. The molecule has 6 heteroatoms. The first-order valence-corrected chi connectivity index (χ1v) is 4.22. The van der Waals surface area contributed by atoms with E-state index in [0.29, 0.717) is 0 Å². The summed E-state index contributed by atoms with van der Waals surface area (Å²) in [7, 11) is 0. The normalized spacial score (nSPS) is 15.4. The van der Waals surface area contributed by atoms with Gasteiger partial charge in [-0.05, 0) is 18.8 Å². The Kier molecular flexibility index (Phi) is 1.77. The van der Waals surface area contributed by atoms with E-state index in [9.17, 15) is 9.59 Å². The minimum absolute atomic E-state index is 0.0398.